The van der Waals surface area contributed by atoms with Crippen LogP contribution < -0.4 is 10.5 Å². The maximum Gasteiger partial charge on any atom is 0.218 e. The Hall–Kier alpha value is -1.13. The maximum atomic E-state index is 6.02. The van der Waals surface area contributed by atoms with E-state index in [1.807, 2.05) is 13.0 Å². The minimum absolute atomic E-state index is 0.197. The molecule has 1 aromatic rings. The van der Waals surface area contributed by atoms with Gasteiger partial charge in [-0.2, -0.15) is 0 Å². The first-order chi connectivity index (χ1) is 8.74. The van der Waals surface area contributed by atoms with Crippen molar-refractivity contribution in [3.63, 3.8) is 0 Å². The van der Waals surface area contributed by atoms with E-state index in [4.69, 9.17) is 15.2 Å². The van der Waals surface area contributed by atoms with Gasteiger partial charge in [-0.05, 0) is 37.8 Å². The molecule has 100 valence electrons. The molecule has 1 saturated carbocycles. The summed E-state index contributed by atoms with van der Waals surface area (Å²) in [5.41, 5.74) is 7.92. The minimum Gasteiger partial charge on any atom is -0.474 e. The second-order valence-corrected chi connectivity index (χ2v) is 4.88. The van der Waals surface area contributed by atoms with E-state index in [2.05, 4.69) is 4.98 Å². The molecule has 2 N–H and O–H groups in total. The van der Waals surface area contributed by atoms with Gasteiger partial charge < -0.3 is 15.2 Å². The molecule has 4 nitrogen and oxygen atoms in total. The summed E-state index contributed by atoms with van der Waals surface area (Å²) in [6.45, 7) is 2.50. The van der Waals surface area contributed by atoms with E-state index in [1.165, 1.54) is 0 Å². The van der Waals surface area contributed by atoms with Gasteiger partial charge in [0.05, 0.1) is 6.10 Å². The van der Waals surface area contributed by atoms with Gasteiger partial charge in [0, 0.05) is 31.8 Å². The molecule has 2 atom stereocenters. The summed E-state index contributed by atoms with van der Waals surface area (Å²) in [4.78, 5) is 4.31. The van der Waals surface area contributed by atoms with Crippen LogP contribution in [0.15, 0.2) is 12.3 Å². The van der Waals surface area contributed by atoms with Crippen LogP contribution in [0.3, 0.4) is 0 Å². The van der Waals surface area contributed by atoms with E-state index in [0.717, 1.165) is 36.8 Å². The van der Waals surface area contributed by atoms with E-state index >= 15 is 0 Å². The predicted octanol–water partition coefficient (Wildman–Crippen LogP) is 2.19. The Morgan fingerprint density at radius 3 is 2.89 bits per heavy atom. The van der Waals surface area contributed by atoms with Crippen LogP contribution in [-0.4, -0.2) is 24.3 Å². The highest BCUT2D eigenvalue weighted by Crippen LogP contribution is 2.26. The Labute approximate surface area is 108 Å². The fourth-order valence-corrected chi connectivity index (χ4v) is 2.49. The third-order valence-corrected chi connectivity index (χ3v) is 3.64. The van der Waals surface area contributed by atoms with Crippen LogP contribution in [-0.2, 0) is 11.3 Å². The molecule has 0 bridgehead atoms. The lowest BCUT2D eigenvalue weighted by atomic mass is 9.95. The van der Waals surface area contributed by atoms with Crippen molar-refractivity contribution in [1.82, 2.24) is 4.98 Å². The predicted molar refractivity (Wildman–Crippen MR) is 70.5 cm³/mol. The van der Waals surface area contributed by atoms with Crippen LogP contribution in [0.1, 0.15) is 36.8 Å². The number of nitrogens with two attached hydrogens (primary N) is 1. The van der Waals surface area contributed by atoms with Crippen LogP contribution in [0.4, 0.5) is 0 Å². The Bertz CT molecular complexity index is 395. The van der Waals surface area contributed by atoms with Gasteiger partial charge in [0.15, 0.2) is 0 Å². The molecule has 18 heavy (non-hydrogen) atoms. The van der Waals surface area contributed by atoms with E-state index in [1.54, 1.807) is 13.3 Å². The molecule has 2 rings (SSSR count). The topological polar surface area (TPSA) is 57.4 Å². The highest BCUT2D eigenvalue weighted by molar-refractivity contribution is 5.33. The third-order valence-electron chi connectivity index (χ3n) is 3.64. The van der Waals surface area contributed by atoms with Crippen molar-refractivity contribution < 1.29 is 9.47 Å². The second-order valence-electron chi connectivity index (χ2n) is 4.88. The van der Waals surface area contributed by atoms with Gasteiger partial charge >= 0.3 is 0 Å². The lowest BCUT2D eigenvalue weighted by Gasteiger charge is -2.29. The molecule has 1 aliphatic carbocycles. The molecule has 0 aromatic carbocycles. The molecule has 0 amide bonds. The highest BCUT2D eigenvalue weighted by atomic mass is 16.5. The van der Waals surface area contributed by atoms with Gasteiger partial charge in [-0.1, -0.05) is 0 Å². The monoisotopic (exact) mass is 250 g/mol. The van der Waals surface area contributed by atoms with Crippen molar-refractivity contribution in [3.8, 4) is 5.88 Å². The van der Waals surface area contributed by atoms with E-state index in [-0.39, 0.29) is 6.10 Å². The summed E-state index contributed by atoms with van der Waals surface area (Å²) in [6.07, 6.45) is 6.57. The fourth-order valence-electron chi connectivity index (χ4n) is 2.49. The van der Waals surface area contributed by atoms with Crippen LogP contribution in [0.2, 0.25) is 0 Å². The molecule has 1 aromatic heterocycles. The maximum absolute atomic E-state index is 6.02. The number of rotatable bonds is 4. The molecule has 0 spiro atoms. The number of aryl methyl sites for hydroxylation is 1. The van der Waals surface area contributed by atoms with Crippen LogP contribution in [0.5, 0.6) is 5.88 Å². The van der Waals surface area contributed by atoms with Crippen molar-refractivity contribution in [3.05, 3.63) is 23.4 Å². The molecule has 0 aliphatic heterocycles. The van der Waals surface area contributed by atoms with Crippen molar-refractivity contribution in [2.24, 2.45) is 5.73 Å². The molecular weight excluding hydrogens is 228 g/mol. The first-order valence-electron chi connectivity index (χ1n) is 6.58. The second kappa shape index (κ2) is 6.16. The highest BCUT2D eigenvalue weighted by Gasteiger charge is 2.24. The van der Waals surface area contributed by atoms with Crippen LogP contribution in [0, 0.1) is 6.92 Å². The number of hydrogen-bond donors (Lipinski definition) is 1. The summed E-state index contributed by atoms with van der Waals surface area (Å²) in [5, 5.41) is 0. The first-order valence-corrected chi connectivity index (χ1v) is 6.58. The van der Waals surface area contributed by atoms with Crippen LogP contribution >= 0.6 is 0 Å². The SMILES string of the molecule is COC1CCCC(Oc2nccc(C)c2CN)C1. The number of pyridine rings is 1. The van der Waals surface area contributed by atoms with Crippen molar-refractivity contribution in [2.75, 3.05) is 7.11 Å². The third kappa shape index (κ3) is 3.00. The summed E-state index contributed by atoms with van der Waals surface area (Å²) in [6, 6.07) is 1.97. The van der Waals surface area contributed by atoms with Crippen molar-refractivity contribution in [1.29, 1.82) is 0 Å². The lowest BCUT2D eigenvalue weighted by Crippen LogP contribution is -2.30. The zero-order chi connectivity index (χ0) is 13.0. The quantitative estimate of drug-likeness (QED) is 0.890. The summed E-state index contributed by atoms with van der Waals surface area (Å²) >= 11 is 0. The van der Waals surface area contributed by atoms with E-state index < -0.39 is 0 Å². The molecule has 1 aliphatic rings. The zero-order valence-corrected chi connectivity index (χ0v) is 11.2. The van der Waals surface area contributed by atoms with Gasteiger partial charge in [-0.15, -0.1) is 0 Å². The van der Waals surface area contributed by atoms with Gasteiger partial charge in [0.25, 0.3) is 0 Å². The number of aromatic nitrogens is 1. The molecule has 0 radical (unpaired) electrons. The average Bonchev–Trinajstić information content (AvgIpc) is 2.39. The van der Waals surface area contributed by atoms with Gasteiger partial charge in [0.2, 0.25) is 5.88 Å². The lowest BCUT2D eigenvalue weighted by molar-refractivity contribution is 0.0191. The average molecular weight is 250 g/mol. The van der Waals surface area contributed by atoms with Gasteiger partial charge in [0.1, 0.15) is 6.10 Å². The first kappa shape index (κ1) is 13.3. The number of methoxy groups -OCH3 is 1. The molecular formula is C14H22N2O2. The minimum atomic E-state index is 0.197. The molecule has 1 fully saturated rings. The Kier molecular flexibility index (Phi) is 4.55. The Morgan fingerprint density at radius 2 is 2.17 bits per heavy atom. The summed E-state index contributed by atoms with van der Waals surface area (Å²) in [5.74, 6) is 0.694. The van der Waals surface area contributed by atoms with E-state index in [0.29, 0.717) is 18.5 Å². The molecule has 0 saturated heterocycles. The number of ether oxygens (including phenoxy) is 2. The summed E-state index contributed by atoms with van der Waals surface area (Å²) in [7, 11) is 1.77. The van der Waals surface area contributed by atoms with Crippen molar-refractivity contribution >= 4 is 0 Å². The Morgan fingerprint density at radius 1 is 1.39 bits per heavy atom. The number of nitrogens with zero attached hydrogens (tertiary/aromatic N) is 1. The molecule has 2 unspecified atom stereocenters. The van der Waals surface area contributed by atoms with Gasteiger partial charge in [-0.25, -0.2) is 4.98 Å². The largest absolute Gasteiger partial charge is 0.474 e. The summed E-state index contributed by atoms with van der Waals surface area (Å²) < 4.78 is 11.4. The standard InChI is InChI=1S/C14H22N2O2/c1-10-6-7-16-14(13(10)9-15)18-12-5-3-4-11(8-12)17-2/h6-7,11-12H,3-5,8-9,15H2,1-2H3. The normalized spacial score (nSPS) is 23.9. The van der Waals surface area contributed by atoms with E-state index in [9.17, 15) is 0 Å². The fraction of sp³-hybridized carbons (Fsp3) is 0.643. The van der Waals surface area contributed by atoms with Crippen LogP contribution in [0.25, 0.3) is 0 Å². The van der Waals surface area contributed by atoms with Crippen molar-refractivity contribution in [2.45, 2.75) is 51.4 Å². The zero-order valence-electron chi connectivity index (χ0n) is 11.2. The number of hydrogen-bond acceptors (Lipinski definition) is 4. The Balaban J connectivity index is 2.07. The smallest absolute Gasteiger partial charge is 0.218 e. The van der Waals surface area contributed by atoms with Gasteiger partial charge in [-0.3, -0.25) is 0 Å². The molecule has 1 heterocycles. The molecule has 4 heteroatoms.